The maximum Gasteiger partial charge on any atom is 0.129 e. The van der Waals surface area contributed by atoms with Gasteiger partial charge in [0.05, 0.1) is 12.2 Å². The molecule has 2 atom stereocenters. The van der Waals surface area contributed by atoms with Gasteiger partial charge in [0.25, 0.3) is 0 Å². The highest BCUT2D eigenvalue weighted by molar-refractivity contribution is 7.80. The number of nitrogens with two attached hydrogens (primary N) is 1. The Labute approximate surface area is 130 Å². The van der Waals surface area contributed by atoms with E-state index in [2.05, 4.69) is 4.90 Å². The molecule has 0 amide bonds. The Balaban J connectivity index is 1.87. The van der Waals surface area contributed by atoms with Gasteiger partial charge in [-0.1, -0.05) is 24.4 Å². The van der Waals surface area contributed by atoms with Crippen LogP contribution >= 0.6 is 12.2 Å². The summed E-state index contributed by atoms with van der Waals surface area (Å²) in [6, 6.07) is 7.42. The van der Waals surface area contributed by atoms with Gasteiger partial charge in [0, 0.05) is 12.6 Å². The lowest BCUT2D eigenvalue weighted by Gasteiger charge is -2.25. The average molecular weight is 310 g/mol. The fourth-order valence-electron chi connectivity index (χ4n) is 2.65. The van der Waals surface area contributed by atoms with Crippen molar-refractivity contribution >= 4 is 17.2 Å². The summed E-state index contributed by atoms with van der Waals surface area (Å²) >= 11 is 4.98. The molecule has 4 N–H and O–H groups in total. The number of aliphatic hydroxyl groups excluding tert-OH is 2. The van der Waals surface area contributed by atoms with Crippen LogP contribution in [-0.4, -0.2) is 58.6 Å². The van der Waals surface area contributed by atoms with Crippen LogP contribution in [0.4, 0.5) is 0 Å². The van der Waals surface area contributed by atoms with Crippen LogP contribution in [0.15, 0.2) is 24.3 Å². The molecule has 1 aromatic carbocycles. The molecule has 0 aliphatic carbocycles. The van der Waals surface area contributed by atoms with Gasteiger partial charge in [0.15, 0.2) is 0 Å². The summed E-state index contributed by atoms with van der Waals surface area (Å²) in [5, 5.41) is 19.4. The standard InChI is InChI=1S/C15H22N2O3S/c16-15(21)13-5-1-2-6-14(13)20-10-12(19)8-17-7-3-4-11(17)9-18/h1-2,5-6,11-12,18-19H,3-4,7-10H2,(H2,16,21). The van der Waals surface area contributed by atoms with Crippen LogP contribution in [0.5, 0.6) is 5.75 Å². The second-order valence-electron chi connectivity index (χ2n) is 5.30. The molecular formula is C15H22N2O3S. The molecule has 2 rings (SSSR count). The molecule has 1 fully saturated rings. The van der Waals surface area contributed by atoms with Crippen molar-refractivity contribution in [1.82, 2.24) is 4.90 Å². The zero-order valence-electron chi connectivity index (χ0n) is 11.9. The summed E-state index contributed by atoms with van der Waals surface area (Å²) < 4.78 is 5.63. The van der Waals surface area contributed by atoms with Gasteiger partial charge in [-0.25, -0.2) is 0 Å². The maximum absolute atomic E-state index is 10.1. The lowest BCUT2D eigenvalue weighted by Crippen LogP contribution is -2.40. The van der Waals surface area contributed by atoms with Crippen molar-refractivity contribution in [3.05, 3.63) is 29.8 Å². The van der Waals surface area contributed by atoms with E-state index in [-0.39, 0.29) is 24.2 Å². The number of β-amino-alcohol motifs (C(OH)–C–C–N with tert-alkyl or cyclic N) is 1. The van der Waals surface area contributed by atoms with Gasteiger partial charge in [-0.15, -0.1) is 0 Å². The predicted molar refractivity (Wildman–Crippen MR) is 85.5 cm³/mol. The van der Waals surface area contributed by atoms with Crippen LogP contribution < -0.4 is 10.5 Å². The van der Waals surface area contributed by atoms with Gasteiger partial charge < -0.3 is 20.7 Å². The summed E-state index contributed by atoms with van der Waals surface area (Å²) in [5.74, 6) is 0.587. The largest absolute Gasteiger partial charge is 0.490 e. The molecule has 6 heteroatoms. The minimum atomic E-state index is -0.614. The number of benzene rings is 1. The monoisotopic (exact) mass is 310 g/mol. The van der Waals surface area contributed by atoms with E-state index in [1.165, 1.54) is 0 Å². The van der Waals surface area contributed by atoms with Gasteiger partial charge >= 0.3 is 0 Å². The minimum absolute atomic E-state index is 0.137. The molecule has 5 nitrogen and oxygen atoms in total. The number of aliphatic hydroxyl groups is 2. The average Bonchev–Trinajstić information content (AvgIpc) is 2.92. The maximum atomic E-state index is 10.1. The Kier molecular flexibility index (Phi) is 5.93. The Morgan fingerprint density at radius 2 is 2.24 bits per heavy atom. The number of ether oxygens (including phenoxy) is 1. The Morgan fingerprint density at radius 1 is 1.48 bits per heavy atom. The molecular weight excluding hydrogens is 288 g/mol. The fraction of sp³-hybridized carbons (Fsp3) is 0.533. The molecule has 21 heavy (non-hydrogen) atoms. The van der Waals surface area contributed by atoms with Gasteiger partial charge in [-0.2, -0.15) is 0 Å². The van der Waals surface area contributed by atoms with Crippen molar-refractivity contribution < 1.29 is 14.9 Å². The SMILES string of the molecule is NC(=S)c1ccccc1OCC(O)CN1CCCC1CO. The molecule has 0 saturated carbocycles. The molecule has 1 aliphatic rings. The third-order valence-electron chi connectivity index (χ3n) is 3.74. The van der Waals surface area contributed by atoms with Gasteiger partial charge in [0.1, 0.15) is 23.4 Å². The highest BCUT2D eigenvalue weighted by Crippen LogP contribution is 2.19. The Morgan fingerprint density at radius 3 is 2.95 bits per heavy atom. The Hall–Kier alpha value is -1.21. The lowest BCUT2D eigenvalue weighted by atomic mass is 10.2. The van der Waals surface area contributed by atoms with E-state index in [0.717, 1.165) is 19.4 Å². The van der Waals surface area contributed by atoms with Crippen molar-refractivity contribution in [2.45, 2.75) is 25.0 Å². The van der Waals surface area contributed by atoms with Crippen molar-refractivity contribution in [1.29, 1.82) is 0 Å². The molecule has 0 bridgehead atoms. The number of hydrogen-bond donors (Lipinski definition) is 3. The van der Waals surface area contributed by atoms with E-state index in [0.29, 0.717) is 17.9 Å². The molecule has 1 aromatic rings. The Bertz CT molecular complexity index is 484. The summed E-state index contributed by atoms with van der Waals surface area (Å²) in [4.78, 5) is 2.38. The molecule has 0 radical (unpaired) electrons. The summed E-state index contributed by atoms with van der Waals surface area (Å²) in [7, 11) is 0. The molecule has 0 spiro atoms. The first-order valence-corrected chi connectivity index (χ1v) is 7.57. The zero-order valence-corrected chi connectivity index (χ0v) is 12.8. The topological polar surface area (TPSA) is 79.0 Å². The van der Waals surface area contributed by atoms with Crippen molar-refractivity contribution in [2.75, 3.05) is 26.3 Å². The lowest BCUT2D eigenvalue weighted by molar-refractivity contribution is 0.0532. The highest BCUT2D eigenvalue weighted by atomic mass is 32.1. The first-order valence-electron chi connectivity index (χ1n) is 7.16. The first-order chi connectivity index (χ1) is 10.1. The first kappa shape index (κ1) is 16.2. The van der Waals surface area contributed by atoms with Crippen LogP contribution in [0.25, 0.3) is 0 Å². The van der Waals surface area contributed by atoms with E-state index < -0.39 is 6.10 Å². The smallest absolute Gasteiger partial charge is 0.129 e. The number of thiocarbonyl (C=S) groups is 1. The van der Waals surface area contributed by atoms with E-state index in [1.807, 2.05) is 12.1 Å². The summed E-state index contributed by atoms with van der Waals surface area (Å²) in [6.07, 6.45) is 1.42. The highest BCUT2D eigenvalue weighted by Gasteiger charge is 2.25. The summed E-state index contributed by atoms with van der Waals surface area (Å²) in [5.41, 5.74) is 6.32. The van der Waals surface area contributed by atoms with Crippen LogP contribution in [0.3, 0.4) is 0 Å². The van der Waals surface area contributed by atoms with Crippen LogP contribution in [0.2, 0.25) is 0 Å². The number of nitrogens with zero attached hydrogens (tertiary/aromatic N) is 1. The normalized spacial score (nSPS) is 20.4. The molecule has 0 aromatic heterocycles. The number of rotatable bonds is 7. The molecule has 116 valence electrons. The number of hydrogen-bond acceptors (Lipinski definition) is 5. The van der Waals surface area contributed by atoms with Crippen LogP contribution in [-0.2, 0) is 0 Å². The molecule has 1 heterocycles. The third kappa shape index (κ3) is 4.38. The zero-order chi connectivity index (χ0) is 15.2. The van der Waals surface area contributed by atoms with E-state index in [9.17, 15) is 10.2 Å². The van der Waals surface area contributed by atoms with E-state index in [4.69, 9.17) is 22.7 Å². The molecule has 1 aliphatic heterocycles. The predicted octanol–water partition coefficient (Wildman–Crippen LogP) is 0.517. The van der Waals surface area contributed by atoms with Gasteiger partial charge in [0.2, 0.25) is 0 Å². The van der Waals surface area contributed by atoms with Gasteiger partial charge in [-0.05, 0) is 31.5 Å². The van der Waals surface area contributed by atoms with Crippen LogP contribution in [0, 0.1) is 0 Å². The van der Waals surface area contributed by atoms with E-state index in [1.54, 1.807) is 12.1 Å². The quantitative estimate of drug-likeness (QED) is 0.637. The van der Waals surface area contributed by atoms with Crippen molar-refractivity contribution in [3.63, 3.8) is 0 Å². The minimum Gasteiger partial charge on any atom is -0.490 e. The van der Waals surface area contributed by atoms with Crippen LogP contribution in [0.1, 0.15) is 18.4 Å². The summed E-state index contributed by atoms with van der Waals surface area (Å²) in [6.45, 7) is 1.72. The van der Waals surface area contributed by atoms with Gasteiger partial charge in [-0.3, -0.25) is 4.90 Å². The third-order valence-corrected chi connectivity index (χ3v) is 3.96. The molecule has 2 unspecified atom stereocenters. The van der Waals surface area contributed by atoms with Crippen molar-refractivity contribution in [3.8, 4) is 5.75 Å². The van der Waals surface area contributed by atoms with Crippen molar-refractivity contribution in [2.24, 2.45) is 5.73 Å². The second kappa shape index (κ2) is 7.70. The molecule has 1 saturated heterocycles. The number of likely N-dealkylation sites (tertiary alicyclic amines) is 1. The fourth-order valence-corrected chi connectivity index (χ4v) is 2.82. The number of para-hydroxylation sites is 1. The van der Waals surface area contributed by atoms with E-state index >= 15 is 0 Å². The second-order valence-corrected chi connectivity index (χ2v) is 5.74.